The van der Waals surface area contributed by atoms with E-state index in [1.54, 1.807) is 32.2 Å². The Morgan fingerprint density at radius 3 is 2.27 bits per heavy atom. The predicted octanol–water partition coefficient (Wildman–Crippen LogP) is 4.90. The number of alkyl halides is 1. The summed E-state index contributed by atoms with van der Waals surface area (Å²) < 4.78 is 58.8. The first-order chi connectivity index (χ1) is 55.8. The van der Waals surface area contributed by atoms with Gasteiger partial charge >= 0.3 is 18.0 Å². The Balaban J connectivity index is 0.699. The number of primary amides is 1. The number of aliphatic carboxylic acids is 1. The molecule has 2 saturated heterocycles. The van der Waals surface area contributed by atoms with E-state index in [-0.39, 0.29) is 89.9 Å². The zero-order valence-corrected chi connectivity index (χ0v) is 70.0. The van der Waals surface area contributed by atoms with Crippen LogP contribution in [-0.2, 0) is 95.2 Å². The Hall–Kier alpha value is -9.39. The number of aliphatic hydroxyl groups excluding tert-OH is 3. The van der Waals surface area contributed by atoms with Crippen molar-refractivity contribution < 1.29 is 105 Å². The number of nitrogens with one attached hydrogen (secondary N) is 5. The zero-order valence-electron chi connectivity index (χ0n) is 66.2. The number of fused-ring (bicyclic) bond motifs is 2. The second-order valence-corrected chi connectivity index (χ2v) is 36.5. The molecule has 636 valence electrons. The van der Waals surface area contributed by atoms with Crippen LogP contribution in [0.5, 0.6) is 0 Å². The Labute approximate surface area is 698 Å². The fourth-order valence-electron chi connectivity index (χ4n) is 18.8. The van der Waals surface area contributed by atoms with Crippen molar-refractivity contribution in [3.63, 3.8) is 0 Å². The van der Waals surface area contributed by atoms with Crippen LogP contribution in [0.4, 0.5) is 21.4 Å². The largest absolute Gasteiger partial charge is 0.479 e. The third-order valence-corrected chi connectivity index (χ3v) is 25.5. The van der Waals surface area contributed by atoms with Crippen molar-refractivity contribution >= 4 is 130 Å². The van der Waals surface area contributed by atoms with Gasteiger partial charge in [-0.05, 0) is 165 Å². The molecule has 11 atom stereocenters. The highest BCUT2D eigenvalue weighted by Gasteiger charge is 2.66. The number of likely N-dealkylation sites (tertiary alicyclic amines) is 1. The molecule has 3 aromatic carbocycles. The summed E-state index contributed by atoms with van der Waals surface area (Å²) in [7, 11) is -4.38. The average Bonchev–Trinajstić information content (AvgIpc) is 0.739. The van der Waals surface area contributed by atoms with E-state index >= 15 is 0 Å². The number of aromatic nitrogens is 4. The SMILES string of the molecule is Cc1c(-c2ccc(N3CCc4cccc(C(=O)Nc5nc6ccccc6s5)c4C3)nc2C(=O)O)cnn1CC12CC3(C)CC(C)(C1)CC(OCCN(CCC(N)=O)C(=O)OCc1ccc(NC(=O)[C@H](C)NC(=O)[C@@H](NC(=O)CN4C(=O)[C@@H](NC(=O)CI)C[C@H]4COCCS(=O)(=O)O)C(C)C)cc1CC[C@@H]1O[C@H](C(=O)O)[C@@H](O)[C@H](O)[C@H]1O)(C3)C2. The standard InChI is InChI=1S/C80H100IN13O22S2/c1-43(2)63(89-62(97)33-93-50(35-113-26-27-118(110,111)112)29-56(72(93)104)86-61(96)30-81)71(103)84-44(3)69(101)85-49-16-14-48(47(28-49)15-18-57-65(98)66(99)67(100)68(116-57)74(107)108)34-114-76(109)91(23-21-59(82)95)24-25-115-80-39-77(5)36-78(6,40-80)38-79(37-77,41-80)42-94-45(4)53(31-83-94)51-17-19-60(88-64(51)73(105)106)92-22-20-46-10-9-11-52(54(46)32-92)70(102)90-75-87-55-12-7-8-13-58(55)117-75/h7-14,16-17,19,28,31,43-44,50,56-57,63,65-68,98-100H,15,18,20-27,29-30,32-42H2,1-6H3,(H2,82,95)(H,84,103)(H,85,101)(H,86,96)(H,89,97)(H,105,106)(H,107,108)(H,87,90,102)(H,110,111,112)/t44-,50-,56-,57-,63-,65-,66+,67-,68-,77?,78?,79?,80?/m0/s1. The highest BCUT2D eigenvalue weighted by atomic mass is 127. The second kappa shape index (κ2) is 36.3. The second-order valence-electron chi connectivity index (χ2n) is 33.1. The van der Waals surface area contributed by atoms with Gasteiger partial charge in [0.2, 0.25) is 35.4 Å². The van der Waals surface area contributed by atoms with Crippen molar-refractivity contribution in [3.8, 4) is 11.1 Å². The number of carbonyl (C=O) groups is 10. The fraction of sp³-hybridized carbons (Fsp3) is 0.537. The molecule has 4 aliphatic carbocycles. The molecule has 6 heterocycles. The summed E-state index contributed by atoms with van der Waals surface area (Å²) in [4.78, 5) is 147. The number of carboxylic acid groups (broad SMARTS) is 2. The molecule has 8 amide bonds. The molecule has 38 heteroatoms. The Morgan fingerprint density at radius 2 is 1.58 bits per heavy atom. The van der Waals surface area contributed by atoms with E-state index in [9.17, 15) is 81.9 Å². The van der Waals surface area contributed by atoms with Crippen LogP contribution < -0.4 is 37.2 Å². The number of para-hydroxylation sites is 1. The van der Waals surface area contributed by atoms with E-state index < -0.39 is 155 Å². The molecule has 2 unspecified atom stereocenters. The highest BCUT2D eigenvalue weighted by molar-refractivity contribution is 14.1. The molecule has 7 aliphatic rings. The maximum Gasteiger partial charge on any atom is 0.410 e. The van der Waals surface area contributed by atoms with Crippen LogP contribution in [0.3, 0.4) is 0 Å². The first kappa shape index (κ1) is 87.9. The zero-order chi connectivity index (χ0) is 85.1. The Bertz CT molecular complexity index is 4920. The highest BCUT2D eigenvalue weighted by Crippen LogP contribution is 2.72. The van der Waals surface area contributed by atoms with Gasteiger partial charge < -0.3 is 86.2 Å². The summed E-state index contributed by atoms with van der Waals surface area (Å²) in [6.07, 6.45) is -3.13. The Kier molecular flexibility index (Phi) is 27.0. The lowest BCUT2D eigenvalue weighted by molar-refractivity contribution is -0.248. The van der Waals surface area contributed by atoms with Crippen LogP contribution in [0.15, 0.2) is 79.0 Å². The number of hydrogen-bond donors (Lipinski definition) is 12. The third-order valence-electron chi connectivity index (χ3n) is 23.2. The number of thiazole rings is 1. The number of aryl methyl sites for hydroxylation is 1. The molecule has 6 fully saturated rings. The van der Waals surface area contributed by atoms with Gasteiger partial charge in [0.15, 0.2) is 16.9 Å². The number of pyridine rings is 1. The number of hydrogen-bond acceptors (Lipinski definition) is 24. The molecular formula is C80H100IN13O22S2. The van der Waals surface area contributed by atoms with Crippen LogP contribution >= 0.6 is 33.9 Å². The number of carboxylic acids is 2. The van der Waals surface area contributed by atoms with Gasteiger partial charge in [0, 0.05) is 67.2 Å². The van der Waals surface area contributed by atoms with Gasteiger partial charge in [-0.25, -0.2) is 24.4 Å². The minimum absolute atomic E-state index is 0.00197. The number of nitrogens with two attached hydrogens (primary N) is 1. The summed E-state index contributed by atoms with van der Waals surface area (Å²) in [6.45, 7) is 10.6. The van der Waals surface area contributed by atoms with Gasteiger partial charge in [0.1, 0.15) is 48.9 Å². The van der Waals surface area contributed by atoms with Crippen LogP contribution in [-0.4, -0.2) is 244 Å². The smallest absolute Gasteiger partial charge is 0.410 e. The number of nitrogens with zero attached hydrogens (tertiary/aromatic N) is 7. The summed E-state index contributed by atoms with van der Waals surface area (Å²) in [5, 5.41) is 71.8. The van der Waals surface area contributed by atoms with Crippen LogP contribution in [0.25, 0.3) is 21.3 Å². The summed E-state index contributed by atoms with van der Waals surface area (Å²) in [5.74, 6) is -8.10. The van der Waals surface area contributed by atoms with Crippen molar-refractivity contribution in [1.29, 1.82) is 0 Å². The molecule has 3 aromatic heterocycles. The maximum absolute atomic E-state index is 14.4. The molecule has 0 radical (unpaired) electrons. The van der Waals surface area contributed by atoms with Gasteiger partial charge in [-0.2, -0.15) is 13.5 Å². The van der Waals surface area contributed by atoms with Gasteiger partial charge in [0.25, 0.3) is 16.0 Å². The molecule has 118 heavy (non-hydrogen) atoms. The quantitative estimate of drug-likeness (QED) is 0.0109. The van der Waals surface area contributed by atoms with E-state index in [0.717, 1.165) is 64.0 Å². The molecular weight excluding hydrogens is 1690 g/mol. The molecule has 13 N–H and O–H groups in total. The van der Waals surface area contributed by atoms with Crippen LogP contribution in [0, 0.1) is 29.1 Å². The van der Waals surface area contributed by atoms with Crippen LogP contribution in [0.2, 0.25) is 0 Å². The number of rotatable bonds is 35. The topological polar surface area (TPSA) is 503 Å². The van der Waals surface area contributed by atoms with Gasteiger partial charge in [-0.15, -0.1) is 0 Å². The molecule has 6 aromatic rings. The van der Waals surface area contributed by atoms with Gasteiger partial charge in [-0.3, -0.25) is 48.1 Å². The lowest BCUT2D eigenvalue weighted by Crippen LogP contribution is -2.64. The minimum atomic E-state index is -4.38. The number of amides is 8. The normalized spacial score (nSPS) is 25.1. The lowest BCUT2D eigenvalue weighted by atomic mass is 9.39. The molecule has 4 saturated carbocycles. The Morgan fingerprint density at radius 1 is 0.831 bits per heavy atom. The van der Waals surface area contributed by atoms with Gasteiger partial charge in [0.05, 0.1) is 70.7 Å². The number of halogens is 1. The minimum Gasteiger partial charge on any atom is -0.479 e. The van der Waals surface area contributed by atoms with E-state index in [1.807, 2.05) is 81.6 Å². The van der Waals surface area contributed by atoms with Crippen molar-refractivity contribution in [2.75, 3.05) is 71.7 Å². The van der Waals surface area contributed by atoms with Crippen LogP contribution in [0.1, 0.15) is 141 Å². The summed E-state index contributed by atoms with van der Waals surface area (Å²) in [5.41, 5.74) is 9.99. The number of aromatic carboxylic acids is 1. The van der Waals surface area contributed by atoms with Crippen molar-refractivity contribution in [2.45, 2.75) is 192 Å². The number of anilines is 3. The number of aliphatic hydroxyl groups is 3. The predicted molar refractivity (Wildman–Crippen MR) is 437 cm³/mol. The molecule has 4 bridgehead atoms. The van der Waals surface area contributed by atoms with Crippen molar-refractivity contribution in [2.24, 2.45) is 27.9 Å². The summed E-state index contributed by atoms with van der Waals surface area (Å²) in [6, 6.07) is 17.0. The first-order valence-corrected chi connectivity index (χ1v) is 43.1. The van der Waals surface area contributed by atoms with E-state index in [1.165, 1.54) is 41.4 Å². The number of benzene rings is 3. The maximum atomic E-state index is 14.4. The van der Waals surface area contributed by atoms with E-state index in [4.69, 9.17) is 39.3 Å². The molecule has 0 spiro atoms. The summed E-state index contributed by atoms with van der Waals surface area (Å²) >= 11 is 3.20. The number of ether oxygens (including phenoxy) is 4. The van der Waals surface area contributed by atoms with E-state index in [0.29, 0.717) is 71.2 Å². The van der Waals surface area contributed by atoms with Crippen molar-refractivity contribution in [1.82, 2.24) is 45.5 Å². The average molecular weight is 1790 g/mol. The lowest BCUT2D eigenvalue weighted by Gasteiger charge is -2.69. The molecule has 13 rings (SSSR count). The van der Waals surface area contributed by atoms with E-state index in [2.05, 4.69) is 45.4 Å². The first-order valence-electron chi connectivity index (χ1n) is 39.1. The fourth-order valence-corrected chi connectivity index (χ4v) is 20.3. The van der Waals surface area contributed by atoms with Gasteiger partial charge in [-0.1, -0.05) is 92.0 Å². The van der Waals surface area contributed by atoms with Crippen molar-refractivity contribution in [3.05, 3.63) is 118 Å². The molecule has 3 aliphatic heterocycles. The monoisotopic (exact) mass is 1790 g/mol. The molecule has 35 nitrogen and oxygen atoms in total. The third kappa shape index (κ3) is 20.5. The number of carbonyl (C=O) groups excluding carboxylic acids is 8.